The molecule has 0 aromatic heterocycles. The molecule has 0 aromatic carbocycles. The van der Waals surface area contributed by atoms with Crippen molar-refractivity contribution in [1.29, 1.82) is 0 Å². The standard InChI is InChI=1S/C12H24N2O/c1-12(2,3)8-9-6-10(7-9)13-11(15)14(4)5/h9-10H,6-8H2,1-5H3,(H,13,15)/t9-,10+. The summed E-state index contributed by atoms with van der Waals surface area (Å²) in [5.41, 5.74) is 0.418. The smallest absolute Gasteiger partial charge is 0.317 e. The highest BCUT2D eigenvalue weighted by molar-refractivity contribution is 5.73. The summed E-state index contributed by atoms with van der Waals surface area (Å²) >= 11 is 0. The Hall–Kier alpha value is -0.730. The van der Waals surface area contributed by atoms with Gasteiger partial charge in [0.1, 0.15) is 0 Å². The first-order valence-electron chi connectivity index (χ1n) is 5.76. The largest absolute Gasteiger partial charge is 0.335 e. The maximum Gasteiger partial charge on any atom is 0.317 e. The summed E-state index contributed by atoms with van der Waals surface area (Å²) in [4.78, 5) is 12.9. The quantitative estimate of drug-likeness (QED) is 0.749. The van der Waals surface area contributed by atoms with Gasteiger partial charge in [0.05, 0.1) is 0 Å². The number of amides is 2. The van der Waals surface area contributed by atoms with Crippen LogP contribution >= 0.6 is 0 Å². The van der Waals surface area contributed by atoms with Crippen molar-refractivity contribution in [3.63, 3.8) is 0 Å². The van der Waals surface area contributed by atoms with Gasteiger partial charge in [-0.2, -0.15) is 0 Å². The Labute approximate surface area is 93.2 Å². The van der Waals surface area contributed by atoms with Gasteiger partial charge >= 0.3 is 6.03 Å². The summed E-state index contributed by atoms with van der Waals surface area (Å²) < 4.78 is 0. The maximum atomic E-state index is 11.4. The highest BCUT2D eigenvalue weighted by atomic mass is 16.2. The number of carbonyl (C=O) groups is 1. The zero-order chi connectivity index (χ0) is 11.6. The Morgan fingerprint density at radius 1 is 1.33 bits per heavy atom. The van der Waals surface area contributed by atoms with Crippen LogP contribution in [0.25, 0.3) is 0 Å². The molecule has 3 nitrogen and oxygen atoms in total. The molecule has 0 atom stereocenters. The molecule has 2 amide bonds. The van der Waals surface area contributed by atoms with Crippen LogP contribution < -0.4 is 5.32 Å². The molecule has 1 rings (SSSR count). The Morgan fingerprint density at radius 2 is 1.87 bits per heavy atom. The third-order valence-electron chi connectivity index (χ3n) is 2.87. The van der Waals surface area contributed by atoms with E-state index in [0.717, 1.165) is 18.8 Å². The van der Waals surface area contributed by atoms with Gasteiger partial charge in [-0.25, -0.2) is 4.79 Å². The van der Waals surface area contributed by atoms with Crippen molar-refractivity contribution >= 4 is 6.03 Å². The van der Waals surface area contributed by atoms with Gasteiger partial charge in [0.15, 0.2) is 0 Å². The van der Waals surface area contributed by atoms with Crippen LogP contribution in [-0.4, -0.2) is 31.1 Å². The lowest BCUT2D eigenvalue weighted by Gasteiger charge is -2.39. The number of rotatable bonds is 2. The Bertz CT molecular complexity index is 224. The van der Waals surface area contributed by atoms with E-state index in [9.17, 15) is 4.79 Å². The average molecular weight is 212 g/mol. The van der Waals surface area contributed by atoms with E-state index in [1.807, 2.05) is 0 Å². The van der Waals surface area contributed by atoms with Crippen LogP contribution in [0.1, 0.15) is 40.0 Å². The zero-order valence-corrected chi connectivity index (χ0v) is 10.6. The van der Waals surface area contributed by atoms with Crippen LogP contribution in [0, 0.1) is 11.3 Å². The van der Waals surface area contributed by atoms with Gasteiger partial charge in [0.2, 0.25) is 0 Å². The predicted molar refractivity (Wildman–Crippen MR) is 62.8 cm³/mol. The summed E-state index contributed by atoms with van der Waals surface area (Å²) in [5.74, 6) is 0.803. The third kappa shape index (κ3) is 4.10. The average Bonchev–Trinajstić information content (AvgIpc) is 1.97. The second-order valence-corrected chi connectivity index (χ2v) is 6.14. The minimum atomic E-state index is 0.0363. The molecule has 0 aromatic rings. The highest BCUT2D eigenvalue weighted by Crippen LogP contribution is 2.37. The molecule has 0 bridgehead atoms. The minimum absolute atomic E-state index is 0.0363. The van der Waals surface area contributed by atoms with Gasteiger partial charge in [-0.15, -0.1) is 0 Å². The second kappa shape index (κ2) is 4.42. The molecule has 0 spiro atoms. The molecule has 1 aliphatic carbocycles. The SMILES string of the molecule is CN(C)C(=O)N[C@H]1C[C@@H](CC(C)(C)C)C1. The molecular formula is C12H24N2O. The van der Waals surface area contributed by atoms with Gasteiger partial charge in [0, 0.05) is 20.1 Å². The summed E-state index contributed by atoms with van der Waals surface area (Å²) in [6, 6.07) is 0.446. The minimum Gasteiger partial charge on any atom is -0.335 e. The number of hydrogen-bond donors (Lipinski definition) is 1. The Balaban J connectivity index is 2.18. The predicted octanol–water partition coefficient (Wildman–Crippen LogP) is 2.47. The van der Waals surface area contributed by atoms with Gasteiger partial charge < -0.3 is 10.2 Å². The third-order valence-corrected chi connectivity index (χ3v) is 2.87. The zero-order valence-electron chi connectivity index (χ0n) is 10.6. The van der Waals surface area contributed by atoms with Crippen molar-refractivity contribution in [2.24, 2.45) is 11.3 Å². The van der Waals surface area contributed by atoms with Crippen LogP contribution in [-0.2, 0) is 0 Å². The molecule has 0 unspecified atom stereocenters. The van der Waals surface area contributed by atoms with Gasteiger partial charge in [0.25, 0.3) is 0 Å². The van der Waals surface area contributed by atoms with Gasteiger partial charge in [-0.05, 0) is 30.6 Å². The van der Waals surface area contributed by atoms with E-state index in [1.54, 1.807) is 19.0 Å². The number of hydrogen-bond acceptors (Lipinski definition) is 1. The van der Waals surface area contributed by atoms with Crippen molar-refractivity contribution < 1.29 is 4.79 Å². The van der Waals surface area contributed by atoms with Crippen LogP contribution in [0.5, 0.6) is 0 Å². The van der Waals surface area contributed by atoms with Crippen molar-refractivity contribution in [2.75, 3.05) is 14.1 Å². The fourth-order valence-corrected chi connectivity index (χ4v) is 2.19. The monoisotopic (exact) mass is 212 g/mol. The summed E-state index contributed by atoms with van der Waals surface area (Å²) in [6.45, 7) is 6.83. The topological polar surface area (TPSA) is 32.3 Å². The molecule has 3 heteroatoms. The van der Waals surface area contributed by atoms with Gasteiger partial charge in [-0.1, -0.05) is 20.8 Å². The number of nitrogens with one attached hydrogen (secondary N) is 1. The van der Waals surface area contributed by atoms with E-state index in [4.69, 9.17) is 0 Å². The van der Waals surface area contributed by atoms with Crippen molar-refractivity contribution in [3.05, 3.63) is 0 Å². The van der Waals surface area contributed by atoms with E-state index >= 15 is 0 Å². The molecule has 0 heterocycles. The fraction of sp³-hybridized carbons (Fsp3) is 0.917. The first-order valence-corrected chi connectivity index (χ1v) is 5.76. The molecule has 1 fully saturated rings. The Morgan fingerprint density at radius 3 is 2.27 bits per heavy atom. The number of nitrogens with zero attached hydrogens (tertiary/aromatic N) is 1. The van der Waals surface area contributed by atoms with Gasteiger partial charge in [-0.3, -0.25) is 0 Å². The van der Waals surface area contributed by atoms with Crippen LogP contribution in [0.2, 0.25) is 0 Å². The van der Waals surface area contributed by atoms with E-state index < -0.39 is 0 Å². The number of carbonyl (C=O) groups excluding carboxylic acids is 1. The highest BCUT2D eigenvalue weighted by Gasteiger charge is 2.32. The maximum absolute atomic E-state index is 11.4. The van der Waals surface area contributed by atoms with E-state index in [1.165, 1.54) is 6.42 Å². The molecule has 1 N–H and O–H groups in total. The number of urea groups is 1. The molecule has 0 saturated heterocycles. The lowest BCUT2D eigenvalue weighted by Crippen LogP contribution is -2.48. The molecule has 1 saturated carbocycles. The first kappa shape index (κ1) is 12.3. The van der Waals surface area contributed by atoms with Crippen molar-refractivity contribution in [1.82, 2.24) is 10.2 Å². The Kier molecular flexibility index (Phi) is 3.63. The fourth-order valence-electron chi connectivity index (χ4n) is 2.19. The lowest BCUT2D eigenvalue weighted by atomic mass is 9.71. The molecule has 15 heavy (non-hydrogen) atoms. The van der Waals surface area contributed by atoms with Crippen molar-refractivity contribution in [3.8, 4) is 0 Å². The van der Waals surface area contributed by atoms with E-state index in [2.05, 4.69) is 26.1 Å². The first-order chi connectivity index (χ1) is 6.78. The van der Waals surface area contributed by atoms with E-state index in [-0.39, 0.29) is 6.03 Å². The summed E-state index contributed by atoms with van der Waals surface area (Å²) in [6.07, 6.45) is 3.56. The van der Waals surface area contributed by atoms with Crippen LogP contribution in [0.4, 0.5) is 4.79 Å². The lowest BCUT2D eigenvalue weighted by molar-refractivity contribution is 0.151. The molecular weight excluding hydrogens is 188 g/mol. The van der Waals surface area contributed by atoms with Crippen LogP contribution in [0.3, 0.4) is 0 Å². The molecule has 0 aliphatic heterocycles. The molecule has 88 valence electrons. The van der Waals surface area contributed by atoms with E-state index in [0.29, 0.717) is 11.5 Å². The summed E-state index contributed by atoms with van der Waals surface area (Å²) in [7, 11) is 3.56. The normalized spacial score (nSPS) is 25.7. The molecule has 1 aliphatic rings. The second-order valence-electron chi connectivity index (χ2n) is 6.14. The molecule has 0 radical (unpaired) electrons. The van der Waals surface area contributed by atoms with Crippen molar-refractivity contribution in [2.45, 2.75) is 46.1 Å². The van der Waals surface area contributed by atoms with Crippen LogP contribution in [0.15, 0.2) is 0 Å². The summed E-state index contributed by atoms with van der Waals surface area (Å²) in [5, 5.41) is 3.02.